The van der Waals surface area contributed by atoms with Crippen LogP contribution in [0.1, 0.15) is 65.7 Å². The molecule has 0 saturated heterocycles. The summed E-state index contributed by atoms with van der Waals surface area (Å²) in [5, 5.41) is 10.0. The first-order chi connectivity index (χ1) is 15.0. The molecule has 1 aliphatic heterocycles. The van der Waals surface area contributed by atoms with Crippen LogP contribution in [-0.2, 0) is 4.79 Å². The number of carbonyl (C=O) groups excluding carboxylic acids is 1. The number of nitrogens with one attached hydrogen (secondary N) is 1. The number of carbonyl (C=O) groups is 1. The number of amides is 1. The van der Waals surface area contributed by atoms with Crippen molar-refractivity contribution in [2.24, 2.45) is 16.0 Å². The van der Waals surface area contributed by atoms with Crippen LogP contribution in [0.5, 0.6) is 5.75 Å². The third kappa shape index (κ3) is 5.45. The number of thiazole rings is 1. The van der Waals surface area contributed by atoms with E-state index in [-0.39, 0.29) is 12.5 Å². The molecule has 7 heteroatoms. The van der Waals surface area contributed by atoms with Crippen LogP contribution in [0.15, 0.2) is 33.7 Å². The van der Waals surface area contributed by atoms with Crippen LogP contribution in [0.3, 0.4) is 0 Å². The van der Waals surface area contributed by atoms with E-state index in [2.05, 4.69) is 31.5 Å². The minimum absolute atomic E-state index is 0.0640. The second-order valence-corrected chi connectivity index (χ2v) is 9.79. The summed E-state index contributed by atoms with van der Waals surface area (Å²) in [5.41, 5.74) is 3.79. The minimum atomic E-state index is -0.126. The lowest BCUT2D eigenvalue weighted by Crippen LogP contribution is -2.25. The molecule has 1 aromatic heterocycles. The number of hydrogen-bond donors (Lipinski definition) is 1. The van der Waals surface area contributed by atoms with Gasteiger partial charge in [0, 0.05) is 16.7 Å². The zero-order chi connectivity index (χ0) is 21.8. The lowest BCUT2D eigenvalue weighted by Gasteiger charge is -2.19. The van der Waals surface area contributed by atoms with Crippen molar-refractivity contribution in [3.63, 3.8) is 0 Å². The Morgan fingerprint density at radius 1 is 1.29 bits per heavy atom. The van der Waals surface area contributed by atoms with Crippen molar-refractivity contribution in [2.45, 2.75) is 71.8 Å². The van der Waals surface area contributed by atoms with Crippen molar-refractivity contribution < 1.29 is 9.53 Å². The minimum Gasteiger partial charge on any atom is -0.482 e. The van der Waals surface area contributed by atoms with E-state index in [0.717, 1.165) is 47.5 Å². The molecule has 1 saturated carbocycles. The van der Waals surface area contributed by atoms with Crippen LogP contribution in [0.25, 0.3) is 11.3 Å². The predicted molar refractivity (Wildman–Crippen MR) is 127 cm³/mol. The van der Waals surface area contributed by atoms with Gasteiger partial charge in [0.25, 0.3) is 5.91 Å². The Hall–Kier alpha value is -2.41. The van der Waals surface area contributed by atoms with Gasteiger partial charge in [-0.1, -0.05) is 33.1 Å². The summed E-state index contributed by atoms with van der Waals surface area (Å²) in [6.45, 7) is 6.64. The number of nitrogens with zero attached hydrogens (tertiary/aromatic N) is 3. The molecule has 1 amide bonds. The molecule has 0 unspecified atom stereocenters. The van der Waals surface area contributed by atoms with E-state index >= 15 is 0 Å². The second-order valence-electron chi connectivity index (χ2n) is 8.95. The Morgan fingerprint density at radius 3 is 2.87 bits per heavy atom. The topological polar surface area (TPSA) is 68.0 Å². The molecule has 2 aromatic rings. The van der Waals surface area contributed by atoms with E-state index < -0.39 is 0 Å². The molecule has 1 aromatic carbocycles. The molecule has 2 aliphatic rings. The van der Waals surface area contributed by atoms with Crippen LogP contribution < -0.4 is 14.9 Å². The average molecular weight is 441 g/mol. The Balaban J connectivity index is 1.73. The fourth-order valence-electron chi connectivity index (χ4n) is 4.01. The highest BCUT2D eigenvalue weighted by molar-refractivity contribution is 7.07. The number of rotatable bonds is 6. The van der Waals surface area contributed by atoms with Gasteiger partial charge >= 0.3 is 0 Å². The SMILES string of the molecule is CC(CCC(C)C)=Nn1c(-c2ccc3c(c2)NC(=O)CO3)csc1=NC1CCCCC1. The van der Waals surface area contributed by atoms with Gasteiger partial charge in [0.15, 0.2) is 6.61 Å². The molecule has 1 N–H and O–H groups in total. The summed E-state index contributed by atoms with van der Waals surface area (Å²) in [4.78, 5) is 17.8. The Bertz CT molecular complexity index is 1030. The second kappa shape index (κ2) is 9.81. The van der Waals surface area contributed by atoms with Gasteiger partial charge in [-0.15, -0.1) is 11.3 Å². The smallest absolute Gasteiger partial charge is 0.262 e. The molecular formula is C24H32N4O2S. The zero-order valence-corrected chi connectivity index (χ0v) is 19.5. The molecule has 166 valence electrons. The standard InChI is InChI=1S/C24H32N4O2S/c1-16(2)9-10-17(3)27-28-21(15-31-24(28)25-19-7-5-4-6-8-19)18-11-12-22-20(13-18)26-23(29)14-30-22/h11-13,15-16,19H,4-10,14H2,1-3H3,(H,26,29). The van der Waals surface area contributed by atoms with Gasteiger partial charge in [0.1, 0.15) is 5.75 Å². The Morgan fingerprint density at radius 2 is 2.10 bits per heavy atom. The third-order valence-corrected chi connectivity index (χ3v) is 6.65. The van der Waals surface area contributed by atoms with Gasteiger partial charge < -0.3 is 10.1 Å². The van der Waals surface area contributed by atoms with Crippen LogP contribution in [0.2, 0.25) is 0 Å². The Labute approximate surface area is 188 Å². The van der Waals surface area contributed by atoms with E-state index in [1.165, 1.54) is 19.3 Å². The molecule has 0 atom stereocenters. The summed E-state index contributed by atoms with van der Waals surface area (Å²) in [6.07, 6.45) is 8.23. The molecule has 6 nitrogen and oxygen atoms in total. The molecule has 2 heterocycles. The molecule has 0 radical (unpaired) electrons. The number of aromatic nitrogens is 1. The third-order valence-electron chi connectivity index (χ3n) is 5.82. The van der Waals surface area contributed by atoms with Crippen LogP contribution >= 0.6 is 11.3 Å². The lowest BCUT2D eigenvalue weighted by atomic mass is 9.96. The van der Waals surface area contributed by atoms with Crippen molar-refractivity contribution in [3.05, 3.63) is 28.4 Å². The number of fused-ring (bicyclic) bond motifs is 1. The summed E-state index contributed by atoms with van der Waals surface area (Å²) < 4.78 is 7.52. The molecular weight excluding hydrogens is 408 g/mol. The monoisotopic (exact) mass is 440 g/mol. The first kappa shape index (κ1) is 21.8. The largest absolute Gasteiger partial charge is 0.482 e. The summed E-state index contributed by atoms with van der Waals surface area (Å²) >= 11 is 1.64. The normalized spacial score (nSPS) is 18.1. The fourth-order valence-corrected chi connectivity index (χ4v) is 4.91. The van der Waals surface area contributed by atoms with Crippen molar-refractivity contribution in [1.29, 1.82) is 0 Å². The maximum atomic E-state index is 11.8. The first-order valence-corrected chi connectivity index (χ1v) is 12.2. The Kier molecular flexibility index (Phi) is 6.90. The highest BCUT2D eigenvalue weighted by atomic mass is 32.1. The quantitative estimate of drug-likeness (QED) is 0.608. The molecule has 0 spiro atoms. The van der Waals surface area contributed by atoms with Crippen LogP contribution in [0, 0.1) is 5.92 Å². The van der Waals surface area contributed by atoms with Gasteiger partial charge in [-0.3, -0.25) is 9.79 Å². The average Bonchev–Trinajstić information content (AvgIpc) is 3.14. The molecule has 0 bridgehead atoms. The zero-order valence-electron chi connectivity index (χ0n) is 18.7. The number of ether oxygens (including phenoxy) is 1. The lowest BCUT2D eigenvalue weighted by molar-refractivity contribution is -0.118. The van der Waals surface area contributed by atoms with Crippen LogP contribution in [0.4, 0.5) is 5.69 Å². The van der Waals surface area contributed by atoms with E-state index in [1.54, 1.807) is 11.3 Å². The first-order valence-electron chi connectivity index (χ1n) is 11.4. The van der Waals surface area contributed by atoms with Gasteiger partial charge in [-0.25, -0.2) is 4.68 Å². The van der Waals surface area contributed by atoms with Crippen LogP contribution in [-0.4, -0.2) is 28.9 Å². The predicted octanol–water partition coefficient (Wildman–Crippen LogP) is 5.44. The van der Waals surface area contributed by atoms with Crippen molar-refractivity contribution in [1.82, 2.24) is 4.68 Å². The summed E-state index contributed by atoms with van der Waals surface area (Å²) in [7, 11) is 0. The molecule has 1 fully saturated rings. The molecule has 31 heavy (non-hydrogen) atoms. The number of benzene rings is 1. The van der Waals surface area contributed by atoms with Gasteiger partial charge in [-0.05, 0) is 56.7 Å². The summed E-state index contributed by atoms with van der Waals surface area (Å²) in [6, 6.07) is 6.29. The highest BCUT2D eigenvalue weighted by Crippen LogP contribution is 2.33. The van der Waals surface area contributed by atoms with E-state index in [1.807, 2.05) is 22.9 Å². The van der Waals surface area contributed by atoms with E-state index in [4.69, 9.17) is 14.8 Å². The highest BCUT2D eigenvalue weighted by Gasteiger charge is 2.19. The van der Waals surface area contributed by atoms with Crippen molar-refractivity contribution in [3.8, 4) is 17.0 Å². The van der Waals surface area contributed by atoms with Gasteiger partial charge in [-0.2, -0.15) is 5.10 Å². The molecule has 1 aliphatic carbocycles. The maximum Gasteiger partial charge on any atom is 0.262 e. The molecule has 4 rings (SSSR count). The van der Waals surface area contributed by atoms with E-state index in [9.17, 15) is 4.79 Å². The maximum absolute atomic E-state index is 11.8. The van der Waals surface area contributed by atoms with E-state index in [0.29, 0.717) is 23.4 Å². The number of anilines is 1. The van der Waals surface area contributed by atoms with Crippen molar-refractivity contribution in [2.75, 3.05) is 11.9 Å². The number of hydrogen-bond acceptors (Lipinski definition) is 5. The fraction of sp³-hybridized carbons (Fsp3) is 0.542. The van der Waals surface area contributed by atoms with Gasteiger partial charge in [0.05, 0.1) is 17.4 Å². The van der Waals surface area contributed by atoms with Gasteiger partial charge in [0.2, 0.25) is 4.80 Å². The van der Waals surface area contributed by atoms with Crippen molar-refractivity contribution >= 4 is 28.6 Å². The summed E-state index contributed by atoms with van der Waals surface area (Å²) in [5.74, 6) is 1.22.